The van der Waals surface area contributed by atoms with Crippen molar-refractivity contribution in [3.8, 4) is 11.4 Å². The number of rotatable bonds is 3. The van der Waals surface area contributed by atoms with E-state index >= 15 is 0 Å². The van der Waals surface area contributed by atoms with Gasteiger partial charge in [-0.2, -0.15) is 0 Å². The minimum Gasteiger partial charge on any atom is -0.235 e. The minimum absolute atomic E-state index is 0.439. The van der Waals surface area contributed by atoms with Crippen molar-refractivity contribution in [2.24, 2.45) is 0 Å². The number of thiazole rings is 1. The van der Waals surface area contributed by atoms with Crippen LogP contribution in [0.1, 0.15) is 5.69 Å². The van der Waals surface area contributed by atoms with Gasteiger partial charge in [-0.1, -0.05) is 41.9 Å². The van der Waals surface area contributed by atoms with E-state index in [4.69, 9.17) is 11.6 Å². The summed E-state index contributed by atoms with van der Waals surface area (Å²) in [7, 11) is 0. The average Bonchev–Trinajstić information content (AvgIpc) is 2.84. The van der Waals surface area contributed by atoms with Crippen LogP contribution in [0.4, 0.5) is 0 Å². The zero-order valence-corrected chi connectivity index (χ0v) is 13.0. The topological polar surface area (TPSA) is 38.7 Å². The van der Waals surface area contributed by atoms with Crippen molar-refractivity contribution in [2.75, 3.05) is 0 Å². The first-order chi connectivity index (χ1) is 9.70. The molecule has 0 aliphatic carbocycles. The molecular formula is C14H10ClN3S2. The smallest absolute Gasteiger partial charge is 0.162 e. The second kappa shape index (κ2) is 5.91. The third-order valence-corrected chi connectivity index (χ3v) is 4.66. The Morgan fingerprint density at radius 2 is 1.90 bits per heavy atom. The maximum absolute atomic E-state index is 6.09. The van der Waals surface area contributed by atoms with Crippen LogP contribution < -0.4 is 0 Å². The van der Waals surface area contributed by atoms with Gasteiger partial charge < -0.3 is 0 Å². The molecule has 6 heteroatoms. The highest BCUT2D eigenvalue weighted by atomic mass is 35.5. The van der Waals surface area contributed by atoms with Crippen LogP contribution >= 0.6 is 34.7 Å². The summed E-state index contributed by atoms with van der Waals surface area (Å²) in [5, 5.41) is 3.26. The van der Waals surface area contributed by atoms with Gasteiger partial charge in [-0.05, 0) is 18.7 Å². The van der Waals surface area contributed by atoms with Crippen LogP contribution in [0.25, 0.3) is 11.4 Å². The van der Waals surface area contributed by atoms with Crippen LogP contribution in [0.3, 0.4) is 0 Å². The van der Waals surface area contributed by atoms with Crippen LogP contribution in [0.5, 0.6) is 0 Å². The fraction of sp³-hybridized carbons (Fsp3) is 0.0714. The molecule has 100 valence electrons. The van der Waals surface area contributed by atoms with Gasteiger partial charge in [-0.25, -0.2) is 15.0 Å². The molecule has 2 aromatic heterocycles. The van der Waals surface area contributed by atoms with E-state index in [1.807, 2.05) is 42.6 Å². The zero-order valence-electron chi connectivity index (χ0n) is 10.6. The average molecular weight is 320 g/mol. The lowest BCUT2D eigenvalue weighted by atomic mass is 10.2. The predicted octanol–water partition coefficient (Wildman–Crippen LogP) is 4.71. The van der Waals surface area contributed by atoms with Crippen LogP contribution in [0.2, 0.25) is 5.15 Å². The van der Waals surface area contributed by atoms with Gasteiger partial charge >= 0.3 is 0 Å². The molecule has 3 aromatic rings. The Morgan fingerprint density at radius 1 is 1.10 bits per heavy atom. The van der Waals surface area contributed by atoms with E-state index in [2.05, 4.69) is 15.0 Å². The zero-order chi connectivity index (χ0) is 13.9. The molecule has 1 aromatic carbocycles. The van der Waals surface area contributed by atoms with Gasteiger partial charge in [-0.15, -0.1) is 11.3 Å². The molecular weight excluding hydrogens is 310 g/mol. The monoisotopic (exact) mass is 319 g/mol. The van der Waals surface area contributed by atoms with E-state index in [-0.39, 0.29) is 0 Å². The fourth-order valence-corrected chi connectivity index (χ4v) is 3.67. The molecule has 2 heterocycles. The largest absolute Gasteiger partial charge is 0.235 e. The lowest BCUT2D eigenvalue weighted by Gasteiger charge is -2.03. The number of halogens is 1. The van der Waals surface area contributed by atoms with Gasteiger partial charge in [0.1, 0.15) is 10.2 Å². The van der Waals surface area contributed by atoms with Crippen molar-refractivity contribution in [1.82, 2.24) is 15.0 Å². The Bertz CT molecular complexity index is 728. The summed E-state index contributed by atoms with van der Waals surface area (Å²) in [5.74, 6) is 0.633. The summed E-state index contributed by atoms with van der Waals surface area (Å²) < 4.78 is 0.955. The third-order valence-electron chi connectivity index (χ3n) is 2.49. The Labute approximate surface area is 130 Å². The van der Waals surface area contributed by atoms with Crippen molar-refractivity contribution < 1.29 is 0 Å². The molecule has 0 atom stereocenters. The molecule has 0 saturated carbocycles. The normalized spacial score (nSPS) is 10.7. The second-order valence-electron chi connectivity index (χ2n) is 4.08. The number of benzene rings is 1. The molecule has 20 heavy (non-hydrogen) atoms. The molecule has 0 aliphatic heterocycles. The van der Waals surface area contributed by atoms with Crippen molar-refractivity contribution in [2.45, 2.75) is 16.3 Å². The van der Waals surface area contributed by atoms with Gasteiger partial charge in [0.15, 0.2) is 10.2 Å². The summed E-state index contributed by atoms with van der Waals surface area (Å²) in [4.78, 5) is 13.2. The summed E-state index contributed by atoms with van der Waals surface area (Å²) in [5.41, 5.74) is 1.97. The number of nitrogens with zero attached hydrogens (tertiary/aromatic N) is 3. The molecule has 0 bridgehead atoms. The summed E-state index contributed by atoms with van der Waals surface area (Å²) in [6.07, 6.45) is 0. The van der Waals surface area contributed by atoms with E-state index in [9.17, 15) is 0 Å². The molecule has 0 saturated heterocycles. The highest BCUT2D eigenvalue weighted by molar-refractivity contribution is 8.01. The van der Waals surface area contributed by atoms with Crippen LogP contribution in [-0.4, -0.2) is 15.0 Å². The Balaban J connectivity index is 1.94. The van der Waals surface area contributed by atoms with Gasteiger partial charge in [0.25, 0.3) is 0 Å². The number of hydrogen-bond acceptors (Lipinski definition) is 5. The van der Waals surface area contributed by atoms with Crippen molar-refractivity contribution in [3.05, 3.63) is 52.6 Å². The molecule has 0 aliphatic rings. The van der Waals surface area contributed by atoms with E-state index in [1.54, 1.807) is 17.4 Å². The van der Waals surface area contributed by atoms with Gasteiger partial charge in [0.05, 0.1) is 0 Å². The lowest BCUT2D eigenvalue weighted by molar-refractivity contribution is 1.05. The van der Waals surface area contributed by atoms with Crippen molar-refractivity contribution in [3.63, 3.8) is 0 Å². The molecule has 3 rings (SSSR count). The third kappa shape index (κ3) is 3.17. The first-order valence-corrected chi connectivity index (χ1v) is 7.98. The maximum atomic E-state index is 6.09. The first kappa shape index (κ1) is 13.5. The van der Waals surface area contributed by atoms with E-state index in [0.717, 1.165) is 20.6 Å². The van der Waals surface area contributed by atoms with Crippen LogP contribution in [0, 0.1) is 6.92 Å². The van der Waals surface area contributed by atoms with Crippen LogP contribution in [-0.2, 0) is 0 Å². The summed E-state index contributed by atoms with van der Waals surface area (Å²) in [6, 6.07) is 11.6. The van der Waals surface area contributed by atoms with E-state index in [1.165, 1.54) is 11.8 Å². The molecule has 0 spiro atoms. The first-order valence-electron chi connectivity index (χ1n) is 5.91. The number of aryl methyl sites for hydroxylation is 1. The molecule has 3 nitrogen and oxygen atoms in total. The van der Waals surface area contributed by atoms with E-state index < -0.39 is 0 Å². The van der Waals surface area contributed by atoms with Gasteiger partial charge in [0, 0.05) is 22.7 Å². The van der Waals surface area contributed by atoms with E-state index in [0.29, 0.717) is 11.0 Å². The lowest BCUT2D eigenvalue weighted by Crippen LogP contribution is -1.91. The standard InChI is InChI=1S/C14H10ClN3S2/c1-9-8-19-14(16-9)20-12-7-11(15)17-13(18-12)10-5-3-2-4-6-10/h2-8H,1H3. The molecule has 0 amide bonds. The Morgan fingerprint density at radius 3 is 2.60 bits per heavy atom. The fourth-order valence-electron chi connectivity index (χ4n) is 1.63. The van der Waals surface area contributed by atoms with Gasteiger partial charge in [-0.3, -0.25) is 0 Å². The second-order valence-corrected chi connectivity index (χ2v) is 6.59. The SMILES string of the molecule is Cc1csc(Sc2cc(Cl)nc(-c3ccccc3)n2)n1. The van der Waals surface area contributed by atoms with Crippen molar-refractivity contribution in [1.29, 1.82) is 0 Å². The predicted molar refractivity (Wildman–Crippen MR) is 83.5 cm³/mol. The van der Waals surface area contributed by atoms with Crippen LogP contribution in [0.15, 0.2) is 51.1 Å². The van der Waals surface area contributed by atoms with Crippen molar-refractivity contribution >= 4 is 34.7 Å². The molecule has 0 unspecified atom stereocenters. The minimum atomic E-state index is 0.439. The molecule has 0 fully saturated rings. The van der Waals surface area contributed by atoms with Gasteiger partial charge in [0.2, 0.25) is 0 Å². The summed E-state index contributed by atoms with van der Waals surface area (Å²) in [6.45, 7) is 1.98. The number of aromatic nitrogens is 3. The highest BCUT2D eigenvalue weighted by Crippen LogP contribution is 2.31. The molecule has 0 radical (unpaired) electrons. The highest BCUT2D eigenvalue weighted by Gasteiger charge is 2.08. The molecule has 0 N–H and O–H groups in total. The Kier molecular flexibility index (Phi) is 4.00. The number of hydrogen-bond donors (Lipinski definition) is 0. The quantitative estimate of drug-likeness (QED) is 0.655. The maximum Gasteiger partial charge on any atom is 0.162 e. The summed E-state index contributed by atoms with van der Waals surface area (Å²) >= 11 is 9.19. The Hall–Kier alpha value is -1.43.